The van der Waals surface area contributed by atoms with Crippen LogP contribution in [0.15, 0.2) is 66.9 Å². The molecule has 166 valence electrons. The molecule has 0 fully saturated rings. The summed E-state index contributed by atoms with van der Waals surface area (Å²) >= 11 is 6.07. The largest absolute Gasteiger partial charge is 0.478 e. The molecule has 2 heterocycles. The number of nitrogens with zero attached hydrogens (tertiary/aromatic N) is 3. The molecule has 5 nitrogen and oxygen atoms in total. The van der Waals surface area contributed by atoms with E-state index in [0.29, 0.717) is 22.3 Å². The molecular formula is C24H15ClF3N3O2. The summed E-state index contributed by atoms with van der Waals surface area (Å²) in [7, 11) is 0. The molecule has 0 aliphatic carbocycles. The first kappa shape index (κ1) is 22.4. The van der Waals surface area contributed by atoms with E-state index >= 15 is 0 Å². The second-order valence-corrected chi connectivity index (χ2v) is 7.64. The van der Waals surface area contributed by atoms with Crippen LogP contribution in [0.25, 0.3) is 33.8 Å². The van der Waals surface area contributed by atoms with Gasteiger partial charge in [-0.2, -0.15) is 13.2 Å². The van der Waals surface area contributed by atoms with Crippen molar-refractivity contribution in [3.8, 4) is 33.8 Å². The minimum absolute atomic E-state index is 0.0471. The monoisotopic (exact) mass is 469 g/mol. The van der Waals surface area contributed by atoms with Crippen LogP contribution < -0.4 is 0 Å². The number of aromatic nitrogens is 3. The first-order valence-corrected chi connectivity index (χ1v) is 10.0. The topological polar surface area (TPSA) is 76.0 Å². The maximum Gasteiger partial charge on any atom is 0.433 e. The number of hydrogen-bond acceptors (Lipinski definition) is 4. The van der Waals surface area contributed by atoms with Gasteiger partial charge in [-0.15, -0.1) is 0 Å². The molecule has 0 spiro atoms. The van der Waals surface area contributed by atoms with E-state index in [-0.39, 0.29) is 22.1 Å². The van der Waals surface area contributed by atoms with Crippen molar-refractivity contribution in [1.82, 2.24) is 15.0 Å². The van der Waals surface area contributed by atoms with E-state index < -0.39 is 17.8 Å². The van der Waals surface area contributed by atoms with Crippen LogP contribution >= 0.6 is 11.6 Å². The van der Waals surface area contributed by atoms with Crippen LogP contribution in [0.4, 0.5) is 13.2 Å². The lowest BCUT2D eigenvalue weighted by Crippen LogP contribution is -2.10. The standard InChI is InChI=1S/C24H15ClF3N3O2/c1-13-5-6-17(12-29-13)20-11-21(24(26,27)28)31-22(30-20)16-4-2-3-14(9-16)15-7-8-18(23(32)33)19(25)10-15/h2-12H,1H3,(H,32,33). The van der Waals surface area contributed by atoms with Gasteiger partial charge in [0.05, 0.1) is 16.3 Å². The maximum atomic E-state index is 13.6. The molecule has 0 aliphatic rings. The van der Waals surface area contributed by atoms with Crippen molar-refractivity contribution in [2.75, 3.05) is 0 Å². The van der Waals surface area contributed by atoms with Gasteiger partial charge in [-0.3, -0.25) is 4.98 Å². The molecule has 0 atom stereocenters. The number of carboxylic acids is 1. The molecule has 9 heteroatoms. The SMILES string of the molecule is Cc1ccc(-c2cc(C(F)(F)F)nc(-c3cccc(-c4ccc(C(=O)O)c(Cl)c4)c3)n2)cn1. The predicted octanol–water partition coefficient (Wildman–Crippen LogP) is 6.55. The number of aromatic carboxylic acids is 1. The Labute approximate surface area is 191 Å². The Balaban J connectivity index is 1.82. The van der Waals surface area contributed by atoms with Crippen LogP contribution in [0.1, 0.15) is 21.7 Å². The fraction of sp³-hybridized carbons (Fsp3) is 0.0833. The summed E-state index contributed by atoms with van der Waals surface area (Å²) in [5.41, 5.74) is 1.72. The molecule has 0 saturated carbocycles. The van der Waals surface area contributed by atoms with Gasteiger partial charge in [-0.25, -0.2) is 14.8 Å². The highest BCUT2D eigenvalue weighted by Crippen LogP contribution is 2.33. The van der Waals surface area contributed by atoms with E-state index in [1.165, 1.54) is 18.3 Å². The summed E-state index contributed by atoms with van der Waals surface area (Å²) in [6, 6.07) is 15.3. The van der Waals surface area contributed by atoms with Gasteiger partial charge < -0.3 is 5.11 Å². The molecule has 2 aromatic heterocycles. The average Bonchev–Trinajstić information content (AvgIpc) is 2.78. The van der Waals surface area contributed by atoms with Crippen molar-refractivity contribution in [3.05, 3.63) is 88.8 Å². The third kappa shape index (κ3) is 4.85. The molecule has 0 saturated heterocycles. The number of aryl methyl sites for hydroxylation is 1. The molecule has 2 aromatic carbocycles. The minimum Gasteiger partial charge on any atom is -0.478 e. The van der Waals surface area contributed by atoms with Crippen molar-refractivity contribution >= 4 is 17.6 Å². The van der Waals surface area contributed by atoms with E-state index in [0.717, 1.165) is 11.8 Å². The van der Waals surface area contributed by atoms with Crippen LogP contribution in [0.5, 0.6) is 0 Å². The number of rotatable bonds is 4. The smallest absolute Gasteiger partial charge is 0.433 e. The Morgan fingerprint density at radius 2 is 1.61 bits per heavy atom. The Bertz CT molecular complexity index is 1360. The highest BCUT2D eigenvalue weighted by atomic mass is 35.5. The Kier molecular flexibility index (Phi) is 5.86. The fourth-order valence-electron chi connectivity index (χ4n) is 3.19. The van der Waals surface area contributed by atoms with Gasteiger partial charge in [-0.1, -0.05) is 35.9 Å². The zero-order chi connectivity index (χ0) is 23.8. The van der Waals surface area contributed by atoms with Gasteiger partial charge in [0.25, 0.3) is 0 Å². The number of pyridine rings is 1. The van der Waals surface area contributed by atoms with E-state index in [9.17, 15) is 18.0 Å². The van der Waals surface area contributed by atoms with E-state index in [1.54, 1.807) is 49.4 Å². The summed E-state index contributed by atoms with van der Waals surface area (Å²) in [4.78, 5) is 23.4. The Hall–Kier alpha value is -3.78. The lowest BCUT2D eigenvalue weighted by molar-refractivity contribution is -0.141. The second-order valence-electron chi connectivity index (χ2n) is 7.23. The lowest BCUT2D eigenvalue weighted by Gasteiger charge is -2.12. The second kappa shape index (κ2) is 8.63. The van der Waals surface area contributed by atoms with Crippen LogP contribution in [-0.4, -0.2) is 26.0 Å². The summed E-state index contributed by atoms with van der Waals surface area (Å²) < 4.78 is 40.7. The third-order valence-electron chi connectivity index (χ3n) is 4.88. The molecule has 4 aromatic rings. The molecule has 0 bridgehead atoms. The number of halogens is 4. The van der Waals surface area contributed by atoms with Crippen molar-refractivity contribution in [2.24, 2.45) is 0 Å². The highest BCUT2D eigenvalue weighted by molar-refractivity contribution is 6.33. The molecule has 0 aliphatic heterocycles. The molecule has 0 unspecified atom stereocenters. The quantitative estimate of drug-likeness (QED) is 0.366. The van der Waals surface area contributed by atoms with Crippen LogP contribution in [0.3, 0.4) is 0 Å². The van der Waals surface area contributed by atoms with Crippen molar-refractivity contribution < 1.29 is 23.1 Å². The van der Waals surface area contributed by atoms with Gasteiger partial charge in [0.2, 0.25) is 0 Å². The predicted molar refractivity (Wildman–Crippen MR) is 118 cm³/mol. The Morgan fingerprint density at radius 3 is 2.24 bits per heavy atom. The number of carbonyl (C=O) groups is 1. The molecule has 33 heavy (non-hydrogen) atoms. The summed E-state index contributed by atoms with van der Waals surface area (Å²) in [6.07, 6.45) is -3.20. The van der Waals surface area contributed by atoms with Crippen molar-refractivity contribution in [1.29, 1.82) is 0 Å². The molecule has 0 radical (unpaired) electrons. The van der Waals surface area contributed by atoms with Gasteiger partial charge in [-0.05, 0) is 54.4 Å². The average molecular weight is 470 g/mol. The normalized spacial score (nSPS) is 11.4. The molecule has 4 rings (SSSR count). The van der Waals surface area contributed by atoms with Gasteiger partial charge in [0.1, 0.15) is 5.69 Å². The van der Waals surface area contributed by atoms with E-state index in [2.05, 4.69) is 15.0 Å². The number of hydrogen-bond donors (Lipinski definition) is 1. The number of benzene rings is 2. The highest BCUT2D eigenvalue weighted by Gasteiger charge is 2.34. The van der Waals surface area contributed by atoms with Crippen LogP contribution in [0.2, 0.25) is 5.02 Å². The number of alkyl halides is 3. The zero-order valence-electron chi connectivity index (χ0n) is 17.1. The number of carboxylic acid groups (broad SMARTS) is 1. The van der Waals surface area contributed by atoms with Gasteiger partial charge >= 0.3 is 12.1 Å². The molecular weight excluding hydrogens is 455 g/mol. The van der Waals surface area contributed by atoms with E-state index in [1.807, 2.05) is 0 Å². The summed E-state index contributed by atoms with van der Waals surface area (Å²) in [5, 5.41) is 9.20. The van der Waals surface area contributed by atoms with Gasteiger partial charge in [0.15, 0.2) is 5.82 Å². The molecule has 0 amide bonds. The summed E-state index contributed by atoms with van der Waals surface area (Å²) in [6.45, 7) is 1.77. The van der Waals surface area contributed by atoms with Crippen molar-refractivity contribution in [3.63, 3.8) is 0 Å². The first-order chi connectivity index (χ1) is 15.6. The Morgan fingerprint density at radius 1 is 0.909 bits per heavy atom. The van der Waals surface area contributed by atoms with Crippen LogP contribution in [-0.2, 0) is 6.18 Å². The summed E-state index contributed by atoms with van der Waals surface area (Å²) in [5.74, 6) is -1.26. The van der Waals surface area contributed by atoms with Crippen LogP contribution in [0, 0.1) is 6.92 Å². The minimum atomic E-state index is -4.66. The fourth-order valence-corrected chi connectivity index (χ4v) is 3.46. The zero-order valence-corrected chi connectivity index (χ0v) is 17.8. The third-order valence-corrected chi connectivity index (χ3v) is 5.19. The van der Waals surface area contributed by atoms with E-state index in [4.69, 9.17) is 16.7 Å². The maximum absolute atomic E-state index is 13.6. The van der Waals surface area contributed by atoms with Gasteiger partial charge in [0, 0.05) is 23.0 Å². The molecule has 1 N–H and O–H groups in total. The first-order valence-electron chi connectivity index (χ1n) is 9.65. The lowest BCUT2D eigenvalue weighted by atomic mass is 10.0. The van der Waals surface area contributed by atoms with Crippen molar-refractivity contribution in [2.45, 2.75) is 13.1 Å².